The number of nitrogens with zero attached hydrogens (tertiary/aromatic N) is 4. The van der Waals surface area contributed by atoms with Crippen LogP contribution < -0.4 is 5.11 Å². The van der Waals surface area contributed by atoms with E-state index in [0.29, 0.717) is 0 Å². The number of carbonyl (C=O) groups excluding carboxylic acids is 1. The first-order valence-electron chi connectivity index (χ1n) is 4.82. The molecule has 6 nitrogen and oxygen atoms in total. The molecule has 2 rings (SSSR count). The Balaban J connectivity index is 2.79. The van der Waals surface area contributed by atoms with Gasteiger partial charge < -0.3 is 9.90 Å². The van der Waals surface area contributed by atoms with Crippen LogP contribution in [0.3, 0.4) is 0 Å². The van der Waals surface area contributed by atoms with Gasteiger partial charge in [0.2, 0.25) is 0 Å². The molecule has 0 aliphatic carbocycles. The lowest BCUT2D eigenvalue weighted by Crippen LogP contribution is -2.26. The molecule has 0 aliphatic rings. The van der Waals surface area contributed by atoms with E-state index in [-0.39, 0.29) is 16.9 Å². The molecule has 0 spiro atoms. The Kier molecular flexibility index (Phi) is 2.15. The molecule has 2 aromatic rings. The van der Waals surface area contributed by atoms with Crippen LogP contribution in [0.15, 0.2) is 12.4 Å². The van der Waals surface area contributed by atoms with E-state index in [1.807, 2.05) is 20.8 Å². The van der Waals surface area contributed by atoms with Crippen molar-refractivity contribution in [1.29, 1.82) is 0 Å². The maximum Gasteiger partial charge on any atom is 0.253 e. The molecule has 16 heavy (non-hydrogen) atoms. The van der Waals surface area contributed by atoms with Crippen LogP contribution in [0.4, 0.5) is 0 Å². The van der Waals surface area contributed by atoms with E-state index >= 15 is 0 Å². The molecule has 2 heterocycles. The van der Waals surface area contributed by atoms with Crippen LogP contribution in [-0.2, 0) is 5.41 Å². The smallest absolute Gasteiger partial charge is 0.253 e. The van der Waals surface area contributed by atoms with Crippen LogP contribution in [0.25, 0.3) is 5.78 Å². The average molecular weight is 219 g/mol. The quantitative estimate of drug-likeness (QED) is 0.662. The van der Waals surface area contributed by atoms with Gasteiger partial charge in [-0.25, -0.2) is 9.50 Å². The Morgan fingerprint density at radius 1 is 1.44 bits per heavy atom. The monoisotopic (exact) mass is 219 g/mol. The lowest BCUT2D eigenvalue weighted by Gasteiger charge is -2.20. The molecular formula is C10H11N4O2-. The molecule has 0 bridgehead atoms. The van der Waals surface area contributed by atoms with Gasteiger partial charge in [0, 0.05) is 5.41 Å². The number of carbonyl (C=O) groups is 1. The Morgan fingerprint density at radius 3 is 2.69 bits per heavy atom. The van der Waals surface area contributed by atoms with Crippen molar-refractivity contribution >= 4 is 11.7 Å². The molecule has 6 heteroatoms. The summed E-state index contributed by atoms with van der Waals surface area (Å²) in [5.74, 6) is -1.04. The summed E-state index contributed by atoms with van der Waals surface area (Å²) in [6, 6.07) is 1.47. The van der Waals surface area contributed by atoms with Gasteiger partial charge in [-0.2, -0.15) is 10.1 Å². The topological polar surface area (TPSA) is 83.2 Å². The molecule has 84 valence electrons. The summed E-state index contributed by atoms with van der Waals surface area (Å²) in [5.41, 5.74) is 0.360. The van der Waals surface area contributed by atoms with Crippen molar-refractivity contribution in [3.63, 3.8) is 0 Å². The fourth-order valence-electron chi connectivity index (χ4n) is 1.45. The molecule has 0 atom stereocenters. The number of rotatable bonds is 1. The van der Waals surface area contributed by atoms with Crippen LogP contribution in [0, 0.1) is 0 Å². The van der Waals surface area contributed by atoms with Crippen molar-refractivity contribution in [2.75, 3.05) is 0 Å². The van der Waals surface area contributed by atoms with E-state index < -0.39 is 5.97 Å². The van der Waals surface area contributed by atoms with Crippen LogP contribution in [0.1, 0.15) is 37.0 Å². The number of hydrogen-bond donors (Lipinski definition) is 0. The van der Waals surface area contributed by atoms with Crippen LogP contribution in [0.5, 0.6) is 0 Å². The SMILES string of the molecule is CC(C)(C)c1cc(C(=O)[O-])nc2ncnn12. The predicted molar refractivity (Wildman–Crippen MR) is 53.8 cm³/mol. The zero-order valence-corrected chi connectivity index (χ0v) is 9.26. The van der Waals surface area contributed by atoms with Crippen molar-refractivity contribution in [2.45, 2.75) is 26.2 Å². The van der Waals surface area contributed by atoms with Gasteiger partial charge in [0.15, 0.2) is 0 Å². The minimum Gasteiger partial charge on any atom is -0.543 e. The Morgan fingerprint density at radius 2 is 2.12 bits per heavy atom. The molecule has 0 unspecified atom stereocenters. The molecular weight excluding hydrogens is 208 g/mol. The highest BCUT2D eigenvalue weighted by molar-refractivity contribution is 5.84. The fourth-order valence-corrected chi connectivity index (χ4v) is 1.45. The Bertz CT molecular complexity index is 553. The van der Waals surface area contributed by atoms with Crippen LogP contribution >= 0.6 is 0 Å². The number of aromatic nitrogens is 4. The van der Waals surface area contributed by atoms with E-state index in [9.17, 15) is 9.90 Å². The third kappa shape index (κ3) is 1.62. The van der Waals surface area contributed by atoms with Crippen LogP contribution in [0.2, 0.25) is 0 Å². The normalized spacial score (nSPS) is 11.9. The number of aromatic carboxylic acids is 1. The van der Waals surface area contributed by atoms with Crippen molar-refractivity contribution < 1.29 is 9.90 Å². The van der Waals surface area contributed by atoms with Crippen molar-refractivity contribution in [2.24, 2.45) is 0 Å². The molecule has 2 aromatic heterocycles. The second-order valence-electron chi connectivity index (χ2n) is 4.54. The molecule has 0 N–H and O–H groups in total. The van der Waals surface area contributed by atoms with Gasteiger partial charge >= 0.3 is 0 Å². The largest absolute Gasteiger partial charge is 0.543 e. The summed E-state index contributed by atoms with van der Waals surface area (Å²) in [6.45, 7) is 5.88. The summed E-state index contributed by atoms with van der Waals surface area (Å²) in [5, 5.41) is 14.8. The van der Waals surface area contributed by atoms with E-state index in [2.05, 4.69) is 15.1 Å². The third-order valence-electron chi connectivity index (χ3n) is 2.23. The van der Waals surface area contributed by atoms with Crippen molar-refractivity contribution in [3.05, 3.63) is 23.8 Å². The van der Waals surface area contributed by atoms with E-state index in [1.165, 1.54) is 16.9 Å². The molecule has 0 fully saturated rings. The highest BCUT2D eigenvalue weighted by Crippen LogP contribution is 2.22. The molecule has 0 amide bonds. The number of hydrogen-bond acceptors (Lipinski definition) is 5. The third-order valence-corrected chi connectivity index (χ3v) is 2.23. The number of fused-ring (bicyclic) bond motifs is 1. The molecule has 0 aromatic carbocycles. The van der Waals surface area contributed by atoms with Gasteiger partial charge in [-0.05, 0) is 6.07 Å². The van der Waals surface area contributed by atoms with Gasteiger partial charge in [0.05, 0.1) is 17.4 Å². The zero-order valence-electron chi connectivity index (χ0n) is 9.26. The summed E-state index contributed by atoms with van der Waals surface area (Å²) in [6.07, 6.45) is 1.34. The molecule has 0 aliphatic heterocycles. The first-order valence-corrected chi connectivity index (χ1v) is 4.82. The molecule has 0 saturated heterocycles. The van der Waals surface area contributed by atoms with Gasteiger partial charge in [0.1, 0.15) is 6.33 Å². The van der Waals surface area contributed by atoms with Gasteiger partial charge in [0.25, 0.3) is 5.78 Å². The highest BCUT2D eigenvalue weighted by atomic mass is 16.4. The maximum atomic E-state index is 10.8. The second-order valence-corrected chi connectivity index (χ2v) is 4.54. The first kappa shape index (κ1) is 10.5. The maximum absolute atomic E-state index is 10.8. The fraction of sp³-hybridized carbons (Fsp3) is 0.400. The first-order chi connectivity index (χ1) is 7.39. The minimum atomic E-state index is -1.31. The summed E-state index contributed by atoms with van der Waals surface area (Å²) < 4.78 is 1.53. The molecule has 0 saturated carbocycles. The summed E-state index contributed by atoms with van der Waals surface area (Å²) >= 11 is 0. The summed E-state index contributed by atoms with van der Waals surface area (Å²) in [7, 11) is 0. The minimum absolute atomic E-state index is 0.120. The zero-order chi connectivity index (χ0) is 11.9. The van der Waals surface area contributed by atoms with Gasteiger partial charge in [-0.3, -0.25) is 0 Å². The Labute approximate surface area is 92.0 Å². The lowest BCUT2D eigenvalue weighted by atomic mass is 9.91. The lowest BCUT2D eigenvalue weighted by molar-refractivity contribution is -0.255. The standard InChI is InChI=1S/C10H12N4O2/c1-10(2,3)7-4-6(8(15)16)13-9-11-5-12-14(7)9/h4-5H,1-3H3,(H,15,16)/p-1. The Hall–Kier alpha value is -1.98. The van der Waals surface area contributed by atoms with Crippen LogP contribution in [-0.4, -0.2) is 25.6 Å². The highest BCUT2D eigenvalue weighted by Gasteiger charge is 2.20. The predicted octanol–water partition coefficient (Wildman–Crippen LogP) is -0.215. The van der Waals surface area contributed by atoms with Crippen molar-refractivity contribution in [3.8, 4) is 0 Å². The van der Waals surface area contributed by atoms with E-state index in [0.717, 1.165) is 5.69 Å². The number of carboxylic acid groups (broad SMARTS) is 1. The summed E-state index contributed by atoms with van der Waals surface area (Å²) in [4.78, 5) is 18.5. The second kappa shape index (κ2) is 3.26. The van der Waals surface area contributed by atoms with E-state index in [4.69, 9.17) is 0 Å². The van der Waals surface area contributed by atoms with Crippen molar-refractivity contribution in [1.82, 2.24) is 19.6 Å². The van der Waals surface area contributed by atoms with E-state index in [1.54, 1.807) is 0 Å². The average Bonchev–Trinajstić information content (AvgIpc) is 2.61. The number of carboxylic acids is 1. The van der Waals surface area contributed by atoms with Gasteiger partial charge in [-0.15, -0.1) is 0 Å². The molecule has 0 radical (unpaired) electrons. The van der Waals surface area contributed by atoms with Gasteiger partial charge in [-0.1, -0.05) is 20.8 Å².